The fourth-order valence-corrected chi connectivity index (χ4v) is 4.71. The molecule has 1 unspecified atom stereocenters. The highest BCUT2D eigenvalue weighted by Crippen LogP contribution is 2.25. The normalized spacial score (nSPS) is 14.8. The second-order valence-corrected chi connectivity index (χ2v) is 9.93. The fourth-order valence-electron chi connectivity index (χ4n) is 4.59. The molecule has 8 nitrogen and oxygen atoms in total. The van der Waals surface area contributed by atoms with Gasteiger partial charge in [-0.2, -0.15) is 0 Å². The third-order valence-corrected chi connectivity index (χ3v) is 7.06. The standard InChI is InChI=1S/C29H34ClN3O5/c1-21(29(36)38-17-7-3-2-6-14-32-15-18-37-19-16-32)25-20-27(34)33(26-9-5-4-8-24(25)26)31-28(35)22-10-12-23(30)13-11-22/h4-5,8-13,20-21H,2-3,6-7,14-19H2,1H3,(H,31,35). The van der Waals surface area contributed by atoms with Gasteiger partial charge in [0.2, 0.25) is 0 Å². The summed E-state index contributed by atoms with van der Waals surface area (Å²) in [5.41, 5.74) is 3.65. The number of nitrogens with zero attached hydrogens (tertiary/aromatic N) is 2. The number of halogens is 1. The van der Waals surface area contributed by atoms with E-state index in [9.17, 15) is 14.4 Å². The molecular formula is C29H34ClN3O5. The van der Waals surface area contributed by atoms with Crippen LogP contribution in [0, 0.1) is 0 Å². The number of para-hydroxylation sites is 1. The minimum Gasteiger partial charge on any atom is -0.465 e. The second kappa shape index (κ2) is 13.6. The number of hydrogen-bond acceptors (Lipinski definition) is 6. The predicted molar refractivity (Wildman–Crippen MR) is 148 cm³/mol. The molecule has 1 aromatic heterocycles. The van der Waals surface area contributed by atoms with Crippen molar-refractivity contribution in [2.75, 3.05) is 44.9 Å². The maximum absolute atomic E-state index is 13.0. The van der Waals surface area contributed by atoms with Crippen molar-refractivity contribution in [2.24, 2.45) is 0 Å². The molecule has 3 aromatic rings. The van der Waals surface area contributed by atoms with Gasteiger partial charge >= 0.3 is 5.97 Å². The smallest absolute Gasteiger partial charge is 0.313 e. The molecule has 202 valence electrons. The van der Waals surface area contributed by atoms with Crippen LogP contribution in [0.4, 0.5) is 0 Å². The Morgan fingerprint density at radius 2 is 1.74 bits per heavy atom. The van der Waals surface area contributed by atoms with E-state index in [0.717, 1.165) is 58.5 Å². The van der Waals surface area contributed by atoms with E-state index in [1.165, 1.54) is 10.7 Å². The van der Waals surface area contributed by atoms with Crippen molar-refractivity contribution in [1.29, 1.82) is 0 Å². The Balaban J connectivity index is 1.34. The van der Waals surface area contributed by atoms with Gasteiger partial charge in [-0.05, 0) is 62.2 Å². The van der Waals surface area contributed by atoms with Crippen LogP contribution in [-0.2, 0) is 14.3 Å². The lowest BCUT2D eigenvalue weighted by Crippen LogP contribution is -2.36. The Kier molecular flexibility index (Phi) is 9.92. The predicted octanol–water partition coefficient (Wildman–Crippen LogP) is 4.58. The van der Waals surface area contributed by atoms with Gasteiger partial charge in [-0.15, -0.1) is 0 Å². The molecule has 0 saturated carbocycles. The zero-order valence-corrected chi connectivity index (χ0v) is 22.4. The maximum atomic E-state index is 13.0. The first-order valence-corrected chi connectivity index (χ1v) is 13.5. The first-order chi connectivity index (χ1) is 18.4. The molecule has 1 aliphatic heterocycles. The fraction of sp³-hybridized carbons (Fsp3) is 0.414. The molecule has 1 amide bonds. The van der Waals surface area contributed by atoms with E-state index in [4.69, 9.17) is 21.1 Å². The van der Waals surface area contributed by atoms with E-state index in [1.807, 2.05) is 12.1 Å². The summed E-state index contributed by atoms with van der Waals surface area (Å²) in [4.78, 5) is 41.0. The number of morpholine rings is 1. The van der Waals surface area contributed by atoms with Crippen molar-refractivity contribution in [3.63, 3.8) is 0 Å². The molecule has 1 atom stereocenters. The number of fused-ring (bicyclic) bond motifs is 1. The molecule has 0 radical (unpaired) electrons. The number of amides is 1. The first kappa shape index (κ1) is 27.8. The summed E-state index contributed by atoms with van der Waals surface area (Å²) in [6.45, 7) is 6.81. The van der Waals surface area contributed by atoms with Gasteiger partial charge in [0.1, 0.15) is 0 Å². The van der Waals surface area contributed by atoms with Crippen LogP contribution in [0.3, 0.4) is 0 Å². The third kappa shape index (κ3) is 7.22. The second-order valence-electron chi connectivity index (χ2n) is 9.50. The number of pyridine rings is 1. The molecule has 2 aromatic carbocycles. The van der Waals surface area contributed by atoms with Crippen molar-refractivity contribution in [3.8, 4) is 0 Å². The van der Waals surface area contributed by atoms with Crippen LogP contribution in [0.2, 0.25) is 5.02 Å². The van der Waals surface area contributed by atoms with Crippen molar-refractivity contribution in [2.45, 2.75) is 38.5 Å². The van der Waals surface area contributed by atoms with Crippen LogP contribution in [0.25, 0.3) is 10.9 Å². The average Bonchev–Trinajstić information content (AvgIpc) is 2.94. The Morgan fingerprint density at radius 3 is 2.50 bits per heavy atom. The van der Waals surface area contributed by atoms with Gasteiger partial charge < -0.3 is 9.47 Å². The average molecular weight is 540 g/mol. The number of aromatic nitrogens is 1. The summed E-state index contributed by atoms with van der Waals surface area (Å²) in [5, 5.41) is 1.20. The van der Waals surface area contributed by atoms with Crippen LogP contribution < -0.4 is 11.0 Å². The zero-order chi connectivity index (χ0) is 26.9. The Labute approximate surface area is 227 Å². The van der Waals surface area contributed by atoms with E-state index in [-0.39, 0.29) is 5.97 Å². The molecule has 0 bridgehead atoms. The number of ether oxygens (including phenoxy) is 2. The van der Waals surface area contributed by atoms with Crippen molar-refractivity contribution in [3.05, 3.63) is 81.1 Å². The zero-order valence-electron chi connectivity index (χ0n) is 21.7. The Hall–Kier alpha value is -3.20. The number of carbonyl (C=O) groups is 2. The minimum atomic E-state index is -0.629. The molecular weight excluding hydrogens is 506 g/mol. The number of unbranched alkanes of at least 4 members (excludes halogenated alkanes) is 3. The summed E-state index contributed by atoms with van der Waals surface area (Å²) in [5.74, 6) is -1.44. The Morgan fingerprint density at radius 1 is 1.03 bits per heavy atom. The van der Waals surface area contributed by atoms with Crippen molar-refractivity contribution in [1.82, 2.24) is 9.58 Å². The number of esters is 1. The minimum absolute atomic E-state index is 0.354. The molecule has 1 aliphatic rings. The van der Waals surface area contributed by atoms with Crippen LogP contribution >= 0.6 is 11.6 Å². The van der Waals surface area contributed by atoms with Gasteiger partial charge in [0, 0.05) is 35.1 Å². The lowest BCUT2D eigenvalue weighted by atomic mass is 9.97. The molecule has 1 saturated heterocycles. The SMILES string of the molecule is CC(C(=O)OCCCCCCN1CCOCC1)c1cc(=O)n(NC(=O)c2ccc(Cl)cc2)c2ccccc12. The highest BCUT2D eigenvalue weighted by Gasteiger charge is 2.22. The van der Waals surface area contributed by atoms with Gasteiger partial charge in [-0.3, -0.25) is 24.7 Å². The molecule has 0 spiro atoms. The van der Waals surface area contributed by atoms with E-state index < -0.39 is 17.4 Å². The van der Waals surface area contributed by atoms with Crippen LogP contribution in [0.1, 0.15) is 54.4 Å². The maximum Gasteiger partial charge on any atom is 0.313 e. The Bertz CT molecular complexity index is 1300. The summed E-state index contributed by atoms with van der Waals surface area (Å²) in [7, 11) is 0. The molecule has 0 aliphatic carbocycles. The molecule has 1 fully saturated rings. The van der Waals surface area contributed by atoms with Gasteiger partial charge in [-0.1, -0.05) is 42.6 Å². The number of carbonyl (C=O) groups excluding carboxylic acids is 2. The van der Waals surface area contributed by atoms with E-state index >= 15 is 0 Å². The van der Waals surface area contributed by atoms with Gasteiger partial charge in [0.25, 0.3) is 11.5 Å². The number of benzene rings is 2. The van der Waals surface area contributed by atoms with E-state index in [2.05, 4.69) is 10.3 Å². The van der Waals surface area contributed by atoms with E-state index in [1.54, 1.807) is 43.3 Å². The monoisotopic (exact) mass is 539 g/mol. The van der Waals surface area contributed by atoms with Gasteiger partial charge in [0.15, 0.2) is 0 Å². The lowest BCUT2D eigenvalue weighted by molar-refractivity contribution is -0.145. The van der Waals surface area contributed by atoms with Gasteiger partial charge in [-0.25, -0.2) is 4.68 Å². The van der Waals surface area contributed by atoms with Crippen LogP contribution in [0.5, 0.6) is 0 Å². The highest BCUT2D eigenvalue weighted by atomic mass is 35.5. The molecule has 2 heterocycles. The summed E-state index contributed by atoms with van der Waals surface area (Å²) in [6.07, 6.45) is 4.02. The van der Waals surface area contributed by atoms with Crippen molar-refractivity contribution >= 4 is 34.4 Å². The molecule has 9 heteroatoms. The van der Waals surface area contributed by atoms with E-state index in [0.29, 0.717) is 33.7 Å². The van der Waals surface area contributed by atoms with Crippen LogP contribution in [0.15, 0.2) is 59.4 Å². The van der Waals surface area contributed by atoms with Crippen LogP contribution in [-0.4, -0.2) is 60.9 Å². The number of nitrogens with one attached hydrogen (secondary N) is 1. The quantitative estimate of drug-likeness (QED) is 0.283. The highest BCUT2D eigenvalue weighted by molar-refractivity contribution is 6.30. The lowest BCUT2D eigenvalue weighted by Gasteiger charge is -2.26. The molecule has 38 heavy (non-hydrogen) atoms. The van der Waals surface area contributed by atoms with Crippen molar-refractivity contribution < 1.29 is 19.1 Å². The topological polar surface area (TPSA) is 89.9 Å². The summed E-state index contributed by atoms with van der Waals surface area (Å²) >= 11 is 5.91. The first-order valence-electron chi connectivity index (χ1n) is 13.1. The third-order valence-electron chi connectivity index (χ3n) is 6.81. The summed E-state index contributed by atoms with van der Waals surface area (Å²) < 4.78 is 12.1. The van der Waals surface area contributed by atoms with Gasteiger partial charge in [0.05, 0.1) is 31.3 Å². The molecule has 4 rings (SSSR count). The largest absolute Gasteiger partial charge is 0.465 e. The number of hydrogen-bond donors (Lipinski definition) is 1. The number of rotatable bonds is 11. The summed E-state index contributed by atoms with van der Waals surface area (Å²) in [6, 6.07) is 14.9. The molecule has 1 N–H and O–H groups in total.